The van der Waals surface area contributed by atoms with Gasteiger partial charge in [-0.15, -0.1) is 0 Å². The summed E-state index contributed by atoms with van der Waals surface area (Å²) in [6.07, 6.45) is 2.24. The number of carbonyl (C=O) groups excluding carboxylic acids is 2. The first-order valence-electron chi connectivity index (χ1n) is 7.40. The minimum atomic E-state index is -0.316. The summed E-state index contributed by atoms with van der Waals surface area (Å²) in [6.45, 7) is 1.77. The van der Waals surface area contributed by atoms with Gasteiger partial charge < -0.3 is 4.90 Å². The van der Waals surface area contributed by atoms with Crippen LogP contribution in [0.5, 0.6) is 0 Å². The van der Waals surface area contributed by atoms with E-state index in [4.69, 9.17) is 0 Å². The minimum absolute atomic E-state index is 0.153. The quantitative estimate of drug-likeness (QED) is 0.609. The molecule has 23 heavy (non-hydrogen) atoms. The highest BCUT2D eigenvalue weighted by atomic mass is 16.2. The van der Waals surface area contributed by atoms with E-state index in [0.29, 0.717) is 12.1 Å². The van der Waals surface area contributed by atoms with Crippen molar-refractivity contribution in [1.29, 1.82) is 0 Å². The second-order valence-electron chi connectivity index (χ2n) is 5.60. The van der Waals surface area contributed by atoms with E-state index in [9.17, 15) is 9.59 Å². The van der Waals surface area contributed by atoms with Gasteiger partial charge in [-0.05, 0) is 31.0 Å². The fraction of sp³-hybridized carbons (Fsp3) is 0.375. The van der Waals surface area contributed by atoms with Crippen LogP contribution in [0.2, 0.25) is 0 Å². The molecule has 0 spiro atoms. The molecule has 1 aromatic carbocycles. The van der Waals surface area contributed by atoms with Gasteiger partial charge >= 0.3 is 0 Å². The molecular formula is C16H21N5O2. The number of anilines is 1. The number of amides is 2. The minimum Gasteiger partial charge on any atom is -0.378 e. The molecule has 2 rings (SSSR count). The van der Waals surface area contributed by atoms with E-state index in [2.05, 4.69) is 21.1 Å². The molecule has 2 N–H and O–H groups in total. The number of hydrazone groups is 2. The standard InChI is InChI=1S/C16H21N5O2/c1-11-14(16(23)20-18-11)8-9-15(22)19-17-10-12-4-6-13(7-5-12)21(2)3/h4-7,10,14H,8-9H2,1-3H3,(H,19,22)(H,20,23)/b17-10-/t14-/m0/s1. The molecule has 0 saturated carbocycles. The van der Waals surface area contributed by atoms with E-state index in [0.717, 1.165) is 11.3 Å². The second kappa shape index (κ2) is 7.53. The van der Waals surface area contributed by atoms with Crippen molar-refractivity contribution in [2.45, 2.75) is 19.8 Å². The first kappa shape index (κ1) is 16.7. The van der Waals surface area contributed by atoms with Crippen molar-refractivity contribution in [3.63, 3.8) is 0 Å². The molecule has 122 valence electrons. The molecule has 7 heteroatoms. The second-order valence-corrected chi connectivity index (χ2v) is 5.60. The molecule has 1 aliphatic heterocycles. The lowest BCUT2D eigenvalue weighted by atomic mass is 9.99. The van der Waals surface area contributed by atoms with Gasteiger partial charge in [0.05, 0.1) is 12.1 Å². The maximum Gasteiger partial charge on any atom is 0.248 e. The molecule has 1 aliphatic rings. The molecule has 0 aromatic heterocycles. The zero-order valence-electron chi connectivity index (χ0n) is 13.5. The molecule has 0 unspecified atom stereocenters. The molecule has 7 nitrogen and oxygen atoms in total. The van der Waals surface area contributed by atoms with E-state index in [1.807, 2.05) is 43.3 Å². The summed E-state index contributed by atoms with van der Waals surface area (Å²) in [5.74, 6) is -0.693. The number of carbonyl (C=O) groups is 2. The SMILES string of the molecule is CC1=NNC(=O)[C@H]1CCC(=O)N/N=C\c1ccc(N(C)C)cc1. The van der Waals surface area contributed by atoms with Crippen molar-refractivity contribution >= 4 is 29.4 Å². The van der Waals surface area contributed by atoms with Crippen LogP contribution in [-0.2, 0) is 9.59 Å². The van der Waals surface area contributed by atoms with E-state index in [1.54, 1.807) is 13.1 Å². The Morgan fingerprint density at radius 1 is 1.39 bits per heavy atom. The summed E-state index contributed by atoms with van der Waals surface area (Å²) in [7, 11) is 3.95. The van der Waals surface area contributed by atoms with E-state index in [1.165, 1.54) is 0 Å². The first-order chi connectivity index (χ1) is 11.0. The van der Waals surface area contributed by atoms with E-state index < -0.39 is 0 Å². The molecule has 0 bridgehead atoms. The number of nitrogens with one attached hydrogen (secondary N) is 2. The predicted molar refractivity (Wildman–Crippen MR) is 90.5 cm³/mol. The first-order valence-corrected chi connectivity index (χ1v) is 7.40. The van der Waals surface area contributed by atoms with Crippen LogP contribution in [0.3, 0.4) is 0 Å². The monoisotopic (exact) mass is 315 g/mol. The van der Waals surface area contributed by atoms with Crippen molar-refractivity contribution in [2.75, 3.05) is 19.0 Å². The van der Waals surface area contributed by atoms with Crippen LogP contribution in [0.25, 0.3) is 0 Å². The van der Waals surface area contributed by atoms with Crippen molar-refractivity contribution in [1.82, 2.24) is 10.9 Å². The zero-order valence-corrected chi connectivity index (χ0v) is 13.5. The number of rotatable bonds is 6. The molecule has 1 heterocycles. The van der Waals surface area contributed by atoms with E-state index in [-0.39, 0.29) is 24.2 Å². The largest absolute Gasteiger partial charge is 0.378 e. The van der Waals surface area contributed by atoms with Gasteiger partial charge in [0.2, 0.25) is 11.8 Å². The van der Waals surface area contributed by atoms with Gasteiger partial charge in [-0.1, -0.05) is 12.1 Å². The average Bonchev–Trinajstić information content (AvgIpc) is 2.84. The predicted octanol–water partition coefficient (Wildman–Crippen LogP) is 1.10. The smallest absolute Gasteiger partial charge is 0.248 e. The Morgan fingerprint density at radius 3 is 2.65 bits per heavy atom. The third-order valence-electron chi connectivity index (χ3n) is 3.64. The Hall–Kier alpha value is -2.70. The van der Waals surface area contributed by atoms with Crippen LogP contribution in [-0.4, -0.2) is 37.8 Å². The highest BCUT2D eigenvalue weighted by Crippen LogP contribution is 2.13. The average molecular weight is 315 g/mol. The topological polar surface area (TPSA) is 86.2 Å². The summed E-state index contributed by atoms with van der Waals surface area (Å²) in [4.78, 5) is 25.2. The number of hydrogen-bond donors (Lipinski definition) is 2. The number of nitrogens with zero attached hydrogens (tertiary/aromatic N) is 3. The summed E-state index contributed by atoms with van der Waals surface area (Å²) in [6, 6.07) is 7.80. The Morgan fingerprint density at radius 2 is 2.09 bits per heavy atom. The molecule has 0 radical (unpaired) electrons. The lowest BCUT2D eigenvalue weighted by Crippen LogP contribution is -2.25. The third kappa shape index (κ3) is 4.64. The van der Waals surface area contributed by atoms with Gasteiger partial charge in [-0.2, -0.15) is 10.2 Å². The summed E-state index contributed by atoms with van der Waals surface area (Å²) in [5, 5.41) is 7.78. The van der Waals surface area contributed by atoms with Gasteiger partial charge in [0, 0.05) is 31.9 Å². The molecule has 0 fully saturated rings. The Labute approximate surface area is 135 Å². The van der Waals surface area contributed by atoms with Gasteiger partial charge in [-0.3, -0.25) is 9.59 Å². The summed E-state index contributed by atoms with van der Waals surface area (Å²) >= 11 is 0. The third-order valence-corrected chi connectivity index (χ3v) is 3.64. The van der Waals surface area contributed by atoms with Crippen LogP contribution in [0.4, 0.5) is 5.69 Å². The van der Waals surface area contributed by atoms with Crippen LogP contribution in [0.15, 0.2) is 34.5 Å². The van der Waals surface area contributed by atoms with Crippen molar-refractivity contribution in [2.24, 2.45) is 16.1 Å². The molecule has 1 aromatic rings. The van der Waals surface area contributed by atoms with Crippen molar-refractivity contribution in [3.05, 3.63) is 29.8 Å². The normalized spacial score (nSPS) is 17.1. The van der Waals surface area contributed by atoms with Crippen LogP contribution in [0.1, 0.15) is 25.3 Å². The Kier molecular flexibility index (Phi) is 5.46. The molecule has 2 amide bonds. The molecule has 0 saturated heterocycles. The lowest BCUT2D eigenvalue weighted by Gasteiger charge is -2.11. The molecule has 1 atom stereocenters. The maximum atomic E-state index is 11.7. The highest BCUT2D eigenvalue weighted by molar-refractivity contribution is 6.07. The van der Waals surface area contributed by atoms with Crippen molar-refractivity contribution < 1.29 is 9.59 Å². The van der Waals surface area contributed by atoms with Crippen LogP contribution >= 0.6 is 0 Å². The lowest BCUT2D eigenvalue weighted by molar-refractivity contribution is -0.123. The number of benzene rings is 1. The van der Waals surface area contributed by atoms with Crippen molar-refractivity contribution in [3.8, 4) is 0 Å². The number of hydrogen-bond acceptors (Lipinski definition) is 5. The summed E-state index contributed by atoms with van der Waals surface area (Å²) in [5.41, 5.74) is 7.58. The molecule has 0 aliphatic carbocycles. The Balaban J connectivity index is 1.77. The van der Waals surface area contributed by atoms with Gasteiger partial charge in [0.15, 0.2) is 0 Å². The van der Waals surface area contributed by atoms with Gasteiger partial charge in [0.1, 0.15) is 0 Å². The fourth-order valence-electron chi connectivity index (χ4n) is 2.20. The highest BCUT2D eigenvalue weighted by Gasteiger charge is 2.26. The Bertz CT molecular complexity index is 634. The fourth-order valence-corrected chi connectivity index (χ4v) is 2.20. The zero-order chi connectivity index (χ0) is 16.8. The molecular weight excluding hydrogens is 294 g/mol. The van der Waals surface area contributed by atoms with Gasteiger partial charge in [-0.25, -0.2) is 10.9 Å². The van der Waals surface area contributed by atoms with E-state index >= 15 is 0 Å². The maximum absolute atomic E-state index is 11.7. The van der Waals surface area contributed by atoms with Crippen LogP contribution < -0.4 is 15.8 Å². The summed E-state index contributed by atoms with van der Waals surface area (Å²) < 4.78 is 0. The van der Waals surface area contributed by atoms with Crippen LogP contribution in [0, 0.1) is 5.92 Å². The van der Waals surface area contributed by atoms with Gasteiger partial charge in [0.25, 0.3) is 0 Å².